The number of piperidine rings is 1. The van der Waals surface area contributed by atoms with E-state index in [9.17, 15) is 4.79 Å². The van der Waals surface area contributed by atoms with Gasteiger partial charge in [0.15, 0.2) is 0 Å². The van der Waals surface area contributed by atoms with E-state index in [0.29, 0.717) is 6.54 Å². The first-order valence-corrected chi connectivity index (χ1v) is 11.6. The van der Waals surface area contributed by atoms with Gasteiger partial charge in [-0.2, -0.15) is 0 Å². The number of carbonyl (C=O) groups excluding carboxylic acids is 1. The molecule has 3 aromatic rings. The zero-order valence-electron chi connectivity index (χ0n) is 18.7. The third kappa shape index (κ3) is 5.14. The van der Waals surface area contributed by atoms with Crippen LogP contribution in [0.5, 0.6) is 0 Å². The SMILES string of the molecule is O=C(Nc1ccc(N2CCOCC2)cc1)C1CCCN(c2cc(-c3ccccc3)ncn2)C1. The summed E-state index contributed by atoms with van der Waals surface area (Å²) in [4.78, 5) is 26.4. The van der Waals surface area contributed by atoms with E-state index in [-0.39, 0.29) is 11.8 Å². The molecular weight excluding hydrogens is 414 g/mol. The lowest BCUT2D eigenvalue weighted by molar-refractivity contribution is -0.120. The van der Waals surface area contributed by atoms with Gasteiger partial charge in [-0.1, -0.05) is 30.3 Å². The van der Waals surface area contributed by atoms with Gasteiger partial charge in [0.2, 0.25) is 5.91 Å². The number of ether oxygens (including phenoxy) is 1. The highest BCUT2D eigenvalue weighted by Crippen LogP contribution is 2.26. The van der Waals surface area contributed by atoms with Gasteiger partial charge in [0.05, 0.1) is 24.8 Å². The van der Waals surface area contributed by atoms with Crippen molar-refractivity contribution in [3.8, 4) is 11.3 Å². The molecule has 170 valence electrons. The average Bonchev–Trinajstić information content (AvgIpc) is 2.90. The lowest BCUT2D eigenvalue weighted by Crippen LogP contribution is -2.41. The summed E-state index contributed by atoms with van der Waals surface area (Å²) in [6, 6.07) is 20.2. The molecule has 1 atom stereocenters. The molecule has 0 bridgehead atoms. The molecule has 7 nitrogen and oxygen atoms in total. The summed E-state index contributed by atoms with van der Waals surface area (Å²) in [6.45, 7) is 4.87. The molecule has 1 unspecified atom stereocenters. The van der Waals surface area contributed by atoms with E-state index in [1.54, 1.807) is 6.33 Å². The minimum Gasteiger partial charge on any atom is -0.378 e. The molecule has 3 heterocycles. The fourth-order valence-electron chi connectivity index (χ4n) is 4.51. The number of nitrogens with one attached hydrogen (secondary N) is 1. The molecule has 2 aliphatic rings. The van der Waals surface area contributed by atoms with Crippen molar-refractivity contribution in [1.82, 2.24) is 9.97 Å². The third-order valence-corrected chi connectivity index (χ3v) is 6.35. The second-order valence-corrected chi connectivity index (χ2v) is 8.55. The maximum absolute atomic E-state index is 13.0. The van der Waals surface area contributed by atoms with Gasteiger partial charge >= 0.3 is 0 Å². The van der Waals surface area contributed by atoms with Crippen LogP contribution < -0.4 is 15.1 Å². The second-order valence-electron chi connectivity index (χ2n) is 8.55. The fourth-order valence-corrected chi connectivity index (χ4v) is 4.51. The van der Waals surface area contributed by atoms with Gasteiger partial charge in [0.1, 0.15) is 12.1 Å². The number of nitrogens with zero attached hydrogens (tertiary/aromatic N) is 4. The molecule has 2 fully saturated rings. The first kappa shape index (κ1) is 21.4. The zero-order chi connectivity index (χ0) is 22.5. The number of hydrogen-bond donors (Lipinski definition) is 1. The Hall–Kier alpha value is -3.45. The molecule has 1 N–H and O–H groups in total. The van der Waals surface area contributed by atoms with Gasteiger partial charge in [-0.25, -0.2) is 9.97 Å². The van der Waals surface area contributed by atoms with Crippen LogP contribution in [-0.2, 0) is 9.53 Å². The smallest absolute Gasteiger partial charge is 0.229 e. The maximum atomic E-state index is 13.0. The third-order valence-electron chi connectivity index (χ3n) is 6.35. The second kappa shape index (κ2) is 10.0. The van der Waals surface area contributed by atoms with Crippen molar-refractivity contribution in [3.05, 3.63) is 67.0 Å². The number of amides is 1. The Morgan fingerprint density at radius 2 is 1.73 bits per heavy atom. The number of anilines is 3. The Morgan fingerprint density at radius 1 is 0.939 bits per heavy atom. The number of carbonyl (C=O) groups is 1. The Balaban J connectivity index is 1.22. The Bertz CT molecular complexity index is 1070. The molecule has 1 aromatic heterocycles. The molecule has 1 amide bonds. The van der Waals surface area contributed by atoms with Crippen LogP contribution in [0.1, 0.15) is 12.8 Å². The van der Waals surface area contributed by atoms with E-state index in [4.69, 9.17) is 4.74 Å². The number of morpholine rings is 1. The maximum Gasteiger partial charge on any atom is 0.229 e. The highest BCUT2D eigenvalue weighted by Gasteiger charge is 2.27. The summed E-state index contributed by atoms with van der Waals surface area (Å²) >= 11 is 0. The molecule has 2 aliphatic heterocycles. The van der Waals surface area contributed by atoms with Crippen molar-refractivity contribution < 1.29 is 9.53 Å². The lowest BCUT2D eigenvalue weighted by atomic mass is 9.97. The van der Waals surface area contributed by atoms with Crippen molar-refractivity contribution in [2.45, 2.75) is 12.8 Å². The molecule has 2 aromatic carbocycles. The largest absolute Gasteiger partial charge is 0.378 e. The lowest BCUT2D eigenvalue weighted by Gasteiger charge is -2.33. The van der Waals surface area contributed by atoms with Gasteiger partial charge in [-0.15, -0.1) is 0 Å². The Labute approximate surface area is 194 Å². The Kier molecular flexibility index (Phi) is 6.48. The van der Waals surface area contributed by atoms with Gasteiger partial charge in [0.25, 0.3) is 0 Å². The number of rotatable bonds is 5. The van der Waals surface area contributed by atoms with Gasteiger partial charge in [-0.3, -0.25) is 4.79 Å². The molecule has 0 aliphatic carbocycles. The first-order valence-electron chi connectivity index (χ1n) is 11.6. The van der Waals surface area contributed by atoms with Crippen molar-refractivity contribution >= 4 is 23.1 Å². The van der Waals surface area contributed by atoms with Crippen LogP contribution in [0.4, 0.5) is 17.2 Å². The fraction of sp³-hybridized carbons (Fsp3) is 0.346. The van der Waals surface area contributed by atoms with E-state index in [2.05, 4.69) is 37.2 Å². The summed E-state index contributed by atoms with van der Waals surface area (Å²) in [5.41, 5.74) is 3.96. The van der Waals surface area contributed by atoms with Crippen molar-refractivity contribution in [1.29, 1.82) is 0 Å². The van der Waals surface area contributed by atoms with E-state index in [1.807, 2.05) is 48.5 Å². The highest BCUT2D eigenvalue weighted by molar-refractivity contribution is 5.93. The van der Waals surface area contributed by atoms with E-state index < -0.39 is 0 Å². The van der Waals surface area contributed by atoms with Crippen LogP contribution in [0.25, 0.3) is 11.3 Å². The summed E-state index contributed by atoms with van der Waals surface area (Å²) < 4.78 is 5.42. The molecule has 0 saturated carbocycles. The van der Waals surface area contributed by atoms with Crippen LogP contribution in [0, 0.1) is 5.92 Å². The summed E-state index contributed by atoms with van der Waals surface area (Å²) in [5, 5.41) is 3.11. The summed E-state index contributed by atoms with van der Waals surface area (Å²) in [5.74, 6) is 0.861. The van der Waals surface area contributed by atoms with Crippen molar-refractivity contribution in [3.63, 3.8) is 0 Å². The van der Waals surface area contributed by atoms with Crippen LogP contribution >= 0.6 is 0 Å². The number of aromatic nitrogens is 2. The molecule has 5 rings (SSSR count). The van der Waals surface area contributed by atoms with Crippen LogP contribution in [-0.4, -0.2) is 55.3 Å². The average molecular weight is 444 g/mol. The molecule has 0 spiro atoms. The highest BCUT2D eigenvalue weighted by atomic mass is 16.5. The van der Waals surface area contributed by atoms with Gasteiger partial charge in [-0.05, 0) is 37.1 Å². The monoisotopic (exact) mass is 443 g/mol. The molecule has 7 heteroatoms. The van der Waals surface area contributed by atoms with Crippen LogP contribution in [0.2, 0.25) is 0 Å². The van der Waals surface area contributed by atoms with Gasteiger partial charge in [0, 0.05) is 49.2 Å². The van der Waals surface area contributed by atoms with Crippen LogP contribution in [0.3, 0.4) is 0 Å². The molecule has 33 heavy (non-hydrogen) atoms. The predicted molar refractivity (Wildman–Crippen MR) is 131 cm³/mol. The van der Waals surface area contributed by atoms with Gasteiger partial charge < -0.3 is 19.9 Å². The quantitative estimate of drug-likeness (QED) is 0.646. The standard InChI is InChI=1S/C26H29N5O2/c32-26(29-22-8-10-23(11-9-22)30-13-15-33-16-14-30)21-7-4-12-31(18-21)25-17-24(27-19-28-25)20-5-2-1-3-6-20/h1-3,5-6,8-11,17,19,21H,4,7,12-16,18H2,(H,29,32). The summed E-state index contributed by atoms with van der Waals surface area (Å²) in [6.07, 6.45) is 3.45. The zero-order valence-corrected chi connectivity index (χ0v) is 18.7. The van der Waals surface area contributed by atoms with E-state index in [1.165, 1.54) is 0 Å². The first-order chi connectivity index (χ1) is 16.3. The normalized spacial score (nSPS) is 18.7. The number of hydrogen-bond acceptors (Lipinski definition) is 6. The van der Waals surface area contributed by atoms with Crippen molar-refractivity contribution in [2.24, 2.45) is 5.92 Å². The minimum absolute atomic E-state index is 0.0659. The van der Waals surface area contributed by atoms with Crippen molar-refractivity contribution in [2.75, 3.05) is 54.5 Å². The van der Waals surface area contributed by atoms with E-state index in [0.717, 1.165) is 74.1 Å². The Morgan fingerprint density at radius 3 is 2.52 bits per heavy atom. The number of benzene rings is 2. The molecular formula is C26H29N5O2. The summed E-state index contributed by atoms with van der Waals surface area (Å²) in [7, 11) is 0. The minimum atomic E-state index is -0.0761. The molecule has 0 radical (unpaired) electrons. The molecule has 2 saturated heterocycles. The van der Waals surface area contributed by atoms with Crippen LogP contribution in [0.15, 0.2) is 67.0 Å². The van der Waals surface area contributed by atoms with E-state index >= 15 is 0 Å². The predicted octanol–water partition coefficient (Wildman–Crippen LogP) is 3.84. The topological polar surface area (TPSA) is 70.6 Å².